The third kappa shape index (κ3) is 3.81. The van der Waals surface area contributed by atoms with Crippen LogP contribution in [0.4, 0.5) is 0 Å². The number of nitrogens with one attached hydrogen (secondary N) is 2. The normalized spacial score (nSPS) is 27.3. The number of rotatable bonds is 2. The second-order valence-corrected chi connectivity index (χ2v) is 4.72. The van der Waals surface area contributed by atoms with Gasteiger partial charge in [-0.3, -0.25) is 9.59 Å². The Labute approximate surface area is 119 Å². The van der Waals surface area contributed by atoms with E-state index in [-0.39, 0.29) is 30.3 Å². The van der Waals surface area contributed by atoms with Crippen LogP contribution in [-0.2, 0) is 14.3 Å². The zero-order chi connectivity index (χ0) is 13.0. The van der Waals surface area contributed by atoms with Crippen LogP contribution < -0.4 is 10.6 Å². The third-order valence-electron chi connectivity index (χ3n) is 3.54. The van der Waals surface area contributed by atoms with Crippen LogP contribution in [-0.4, -0.2) is 62.1 Å². The van der Waals surface area contributed by atoms with Gasteiger partial charge in [-0.2, -0.15) is 0 Å². The summed E-state index contributed by atoms with van der Waals surface area (Å²) in [5.41, 5.74) is 0. The molecule has 2 fully saturated rings. The van der Waals surface area contributed by atoms with Crippen molar-refractivity contribution in [1.29, 1.82) is 0 Å². The van der Waals surface area contributed by atoms with Crippen molar-refractivity contribution in [3.8, 4) is 0 Å². The maximum absolute atomic E-state index is 12.4. The van der Waals surface area contributed by atoms with Crippen LogP contribution in [0.1, 0.15) is 19.3 Å². The molecular weight excluding hydrogens is 270 g/mol. The highest BCUT2D eigenvalue weighted by molar-refractivity contribution is 5.89. The van der Waals surface area contributed by atoms with Gasteiger partial charge in [-0.15, -0.1) is 12.4 Å². The lowest BCUT2D eigenvalue weighted by Gasteiger charge is -2.37. The first kappa shape index (κ1) is 16.2. The van der Waals surface area contributed by atoms with E-state index in [9.17, 15) is 9.59 Å². The van der Waals surface area contributed by atoms with Crippen molar-refractivity contribution in [2.24, 2.45) is 0 Å². The molecule has 0 radical (unpaired) electrons. The number of ether oxygens (including phenoxy) is 1. The first-order valence-electron chi connectivity index (χ1n) is 6.58. The van der Waals surface area contributed by atoms with E-state index < -0.39 is 6.10 Å². The number of hydrogen-bond acceptors (Lipinski definition) is 4. The molecule has 0 aliphatic carbocycles. The minimum atomic E-state index is -0.441. The highest BCUT2D eigenvalue weighted by atomic mass is 35.5. The van der Waals surface area contributed by atoms with Crippen LogP contribution >= 0.6 is 12.4 Å². The molecular formula is C12H22ClN3O3. The van der Waals surface area contributed by atoms with Crippen LogP contribution in [0.25, 0.3) is 0 Å². The predicted octanol–water partition coefficient (Wildman–Crippen LogP) is -0.476. The summed E-state index contributed by atoms with van der Waals surface area (Å²) in [6.07, 6.45) is 2.25. The molecule has 2 aliphatic heterocycles. The van der Waals surface area contributed by atoms with Gasteiger partial charge in [0, 0.05) is 26.7 Å². The predicted molar refractivity (Wildman–Crippen MR) is 73.3 cm³/mol. The molecule has 2 saturated heterocycles. The minimum absolute atomic E-state index is 0. The molecule has 2 heterocycles. The molecule has 0 aromatic rings. The van der Waals surface area contributed by atoms with Gasteiger partial charge < -0.3 is 20.3 Å². The standard InChI is InChI=1S/C12H21N3O3.ClH/c1-13-11(16)9-4-2-3-6-15(9)12(17)10-8-14-5-7-18-10;/h9-10,14H,2-8H2,1H3,(H,13,16);1H. The fourth-order valence-corrected chi connectivity index (χ4v) is 2.54. The van der Waals surface area contributed by atoms with Crippen molar-refractivity contribution in [1.82, 2.24) is 15.5 Å². The molecule has 0 aromatic carbocycles. The van der Waals surface area contributed by atoms with E-state index in [0.717, 1.165) is 25.8 Å². The summed E-state index contributed by atoms with van der Waals surface area (Å²) in [4.78, 5) is 25.8. The maximum atomic E-state index is 12.4. The van der Waals surface area contributed by atoms with Gasteiger partial charge in [-0.25, -0.2) is 0 Å². The Hall–Kier alpha value is -0.850. The average Bonchev–Trinajstić information content (AvgIpc) is 2.46. The molecule has 0 spiro atoms. The van der Waals surface area contributed by atoms with E-state index in [2.05, 4.69) is 10.6 Å². The van der Waals surface area contributed by atoms with Crippen LogP contribution in [0.15, 0.2) is 0 Å². The van der Waals surface area contributed by atoms with Gasteiger partial charge in [0.1, 0.15) is 12.1 Å². The van der Waals surface area contributed by atoms with E-state index in [1.807, 2.05) is 0 Å². The summed E-state index contributed by atoms with van der Waals surface area (Å²) in [6.45, 7) is 2.52. The van der Waals surface area contributed by atoms with Crippen LogP contribution in [0.5, 0.6) is 0 Å². The molecule has 0 aromatic heterocycles. The summed E-state index contributed by atoms with van der Waals surface area (Å²) < 4.78 is 5.47. The quantitative estimate of drug-likeness (QED) is 0.721. The Morgan fingerprint density at radius 1 is 1.37 bits per heavy atom. The topological polar surface area (TPSA) is 70.7 Å². The highest BCUT2D eigenvalue weighted by Crippen LogP contribution is 2.19. The smallest absolute Gasteiger partial charge is 0.253 e. The lowest BCUT2D eigenvalue weighted by molar-refractivity contribution is -0.152. The minimum Gasteiger partial charge on any atom is -0.366 e. The molecule has 7 heteroatoms. The second kappa shape index (κ2) is 7.67. The number of morpholine rings is 1. The summed E-state index contributed by atoms with van der Waals surface area (Å²) in [5.74, 6) is -0.137. The van der Waals surface area contributed by atoms with Gasteiger partial charge in [0.15, 0.2) is 0 Å². The fraction of sp³-hybridized carbons (Fsp3) is 0.833. The van der Waals surface area contributed by atoms with Gasteiger partial charge in [-0.1, -0.05) is 0 Å². The summed E-state index contributed by atoms with van der Waals surface area (Å²) >= 11 is 0. The first-order chi connectivity index (χ1) is 8.74. The van der Waals surface area contributed by atoms with Gasteiger partial charge in [-0.05, 0) is 19.3 Å². The van der Waals surface area contributed by atoms with Crippen molar-refractivity contribution < 1.29 is 14.3 Å². The Morgan fingerprint density at radius 2 is 2.16 bits per heavy atom. The van der Waals surface area contributed by atoms with Crippen LogP contribution in [0.3, 0.4) is 0 Å². The third-order valence-corrected chi connectivity index (χ3v) is 3.54. The lowest BCUT2D eigenvalue weighted by atomic mass is 10.0. The molecule has 2 amide bonds. The lowest BCUT2D eigenvalue weighted by Crippen LogP contribution is -2.57. The number of halogens is 1. The number of carbonyl (C=O) groups is 2. The fourth-order valence-electron chi connectivity index (χ4n) is 2.54. The Kier molecular flexibility index (Phi) is 6.54. The maximum Gasteiger partial charge on any atom is 0.253 e. The zero-order valence-corrected chi connectivity index (χ0v) is 12.0. The van der Waals surface area contributed by atoms with Crippen LogP contribution in [0.2, 0.25) is 0 Å². The Balaban J connectivity index is 0.00000180. The van der Waals surface area contributed by atoms with Gasteiger partial charge >= 0.3 is 0 Å². The van der Waals surface area contributed by atoms with E-state index >= 15 is 0 Å². The average molecular weight is 292 g/mol. The summed E-state index contributed by atoms with van der Waals surface area (Å²) in [5, 5.41) is 5.77. The first-order valence-corrected chi connectivity index (χ1v) is 6.58. The Bertz CT molecular complexity index is 321. The molecule has 0 saturated carbocycles. The molecule has 110 valence electrons. The molecule has 2 aliphatic rings. The summed E-state index contributed by atoms with van der Waals surface area (Å²) in [7, 11) is 1.61. The van der Waals surface area contributed by atoms with E-state index in [1.54, 1.807) is 11.9 Å². The second-order valence-electron chi connectivity index (χ2n) is 4.72. The van der Waals surface area contributed by atoms with E-state index in [0.29, 0.717) is 19.7 Å². The molecule has 2 atom stereocenters. The molecule has 2 N–H and O–H groups in total. The van der Waals surface area contributed by atoms with Crippen molar-refractivity contribution in [3.63, 3.8) is 0 Å². The number of likely N-dealkylation sites (tertiary alicyclic amines) is 1. The van der Waals surface area contributed by atoms with Gasteiger partial charge in [0.05, 0.1) is 6.61 Å². The number of piperidine rings is 1. The van der Waals surface area contributed by atoms with E-state index in [4.69, 9.17) is 4.74 Å². The van der Waals surface area contributed by atoms with Crippen molar-refractivity contribution in [2.75, 3.05) is 33.3 Å². The molecule has 2 unspecified atom stereocenters. The SMILES string of the molecule is CNC(=O)C1CCCCN1C(=O)C1CNCCO1.Cl. The van der Waals surface area contributed by atoms with Crippen LogP contribution in [0, 0.1) is 0 Å². The number of likely N-dealkylation sites (N-methyl/N-ethyl adjacent to an activating group) is 1. The van der Waals surface area contributed by atoms with E-state index in [1.165, 1.54) is 0 Å². The number of amides is 2. The van der Waals surface area contributed by atoms with Gasteiger partial charge in [0.25, 0.3) is 5.91 Å². The molecule has 19 heavy (non-hydrogen) atoms. The summed E-state index contributed by atoms with van der Waals surface area (Å²) in [6, 6.07) is -0.332. The number of carbonyl (C=O) groups excluding carboxylic acids is 2. The van der Waals surface area contributed by atoms with Crippen molar-refractivity contribution in [2.45, 2.75) is 31.4 Å². The van der Waals surface area contributed by atoms with Gasteiger partial charge in [0.2, 0.25) is 5.91 Å². The number of hydrogen-bond donors (Lipinski definition) is 2. The highest BCUT2D eigenvalue weighted by Gasteiger charge is 2.35. The van der Waals surface area contributed by atoms with Crippen molar-refractivity contribution in [3.05, 3.63) is 0 Å². The Morgan fingerprint density at radius 3 is 2.79 bits per heavy atom. The van der Waals surface area contributed by atoms with Crippen molar-refractivity contribution >= 4 is 24.2 Å². The monoisotopic (exact) mass is 291 g/mol. The number of nitrogens with zero attached hydrogens (tertiary/aromatic N) is 1. The molecule has 2 rings (SSSR count). The zero-order valence-electron chi connectivity index (χ0n) is 11.2. The molecule has 6 nitrogen and oxygen atoms in total. The molecule has 0 bridgehead atoms. The largest absolute Gasteiger partial charge is 0.366 e.